The van der Waals surface area contributed by atoms with Gasteiger partial charge in [0.15, 0.2) is 0 Å². The van der Waals surface area contributed by atoms with E-state index in [1.54, 1.807) is 0 Å². The minimum Gasteiger partial charge on any atom is -0.337 e. The molecule has 5 heteroatoms. The molecule has 0 saturated carbocycles. The molecular weight excluding hydrogens is 290 g/mol. The van der Waals surface area contributed by atoms with Crippen molar-refractivity contribution in [2.75, 3.05) is 47.4 Å². The largest absolute Gasteiger partial charge is 0.337 e. The normalized spacial score (nSPS) is 17.2. The van der Waals surface area contributed by atoms with Crippen molar-refractivity contribution in [3.05, 3.63) is 35.9 Å². The average Bonchev–Trinajstić information content (AvgIpc) is 2.58. The molecule has 1 aliphatic rings. The maximum Gasteiger partial charge on any atom is 0.224 e. The third-order valence-electron chi connectivity index (χ3n) is 4.23. The van der Waals surface area contributed by atoms with Crippen LogP contribution in [0.4, 0.5) is 0 Å². The zero-order chi connectivity index (χ0) is 16.7. The van der Waals surface area contributed by atoms with Crippen molar-refractivity contribution in [3.8, 4) is 0 Å². The lowest BCUT2D eigenvalue weighted by atomic mass is 10.0. The molecule has 1 saturated heterocycles. The fraction of sp³-hybridized carbons (Fsp3) is 0.611. The first kappa shape index (κ1) is 17.9. The fourth-order valence-electron chi connectivity index (χ4n) is 2.87. The van der Waals surface area contributed by atoms with Crippen LogP contribution in [0.15, 0.2) is 30.3 Å². The molecule has 1 atom stereocenters. The van der Waals surface area contributed by atoms with E-state index in [-0.39, 0.29) is 11.9 Å². The summed E-state index contributed by atoms with van der Waals surface area (Å²) >= 11 is 0. The Balaban J connectivity index is 1.95. The van der Waals surface area contributed by atoms with Crippen molar-refractivity contribution in [2.45, 2.75) is 25.3 Å². The number of amides is 1. The number of benzene rings is 1. The molecule has 0 spiro atoms. The Kier molecular flexibility index (Phi) is 7.02. The molecule has 0 unspecified atom stereocenters. The van der Waals surface area contributed by atoms with E-state index in [1.807, 2.05) is 49.3 Å². The molecular formula is C18H29N3O2. The number of hydroxylamine groups is 2. The SMILES string of the molecule is CN(C)C[C@H](c1ccccc1)N(C)C(=O)CCN1CCCCO1. The molecule has 1 aromatic carbocycles. The number of hydrogen-bond donors (Lipinski definition) is 0. The highest BCUT2D eigenvalue weighted by atomic mass is 16.7. The lowest BCUT2D eigenvalue weighted by Gasteiger charge is -2.32. The average molecular weight is 319 g/mol. The van der Waals surface area contributed by atoms with Gasteiger partial charge in [0.1, 0.15) is 0 Å². The van der Waals surface area contributed by atoms with Gasteiger partial charge >= 0.3 is 0 Å². The smallest absolute Gasteiger partial charge is 0.224 e. The van der Waals surface area contributed by atoms with Gasteiger partial charge in [-0.1, -0.05) is 30.3 Å². The third kappa shape index (κ3) is 5.61. The van der Waals surface area contributed by atoms with Crippen LogP contribution in [0.3, 0.4) is 0 Å². The quantitative estimate of drug-likeness (QED) is 0.772. The van der Waals surface area contributed by atoms with Crippen LogP contribution in [0, 0.1) is 0 Å². The van der Waals surface area contributed by atoms with Crippen molar-refractivity contribution in [3.63, 3.8) is 0 Å². The summed E-state index contributed by atoms with van der Waals surface area (Å²) in [5, 5.41) is 1.93. The van der Waals surface area contributed by atoms with Crippen LogP contribution in [-0.2, 0) is 9.63 Å². The Morgan fingerprint density at radius 3 is 2.57 bits per heavy atom. The van der Waals surface area contributed by atoms with Crippen LogP contribution in [-0.4, -0.2) is 68.2 Å². The molecule has 0 radical (unpaired) electrons. The zero-order valence-corrected chi connectivity index (χ0v) is 14.6. The van der Waals surface area contributed by atoms with Gasteiger partial charge in [-0.3, -0.25) is 9.63 Å². The summed E-state index contributed by atoms with van der Waals surface area (Å²) < 4.78 is 0. The second kappa shape index (κ2) is 9.01. The molecule has 1 aromatic rings. The Morgan fingerprint density at radius 2 is 1.96 bits per heavy atom. The van der Waals surface area contributed by atoms with Gasteiger partial charge in [-0.2, -0.15) is 5.06 Å². The van der Waals surface area contributed by atoms with Crippen molar-refractivity contribution in [1.82, 2.24) is 14.9 Å². The highest BCUT2D eigenvalue weighted by Gasteiger charge is 2.23. The van der Waals surface area contributed by atoms with Crippen LogP contribution in [0.25, 0.3) is 0 Å². The summed E-state index contributed by atoms with van der Waals surface area (Å²) in [5.74, 6) is 0.162. The number of likely N-dealkylation sites (N-methyl/N-ethyl adjacent to an activating group) is 2. The van der Waals surface area contributed by atoms with Gasteiger partial charge in [-0.15, -0.1) is 0 Å². The van der Waals surface area contributed by atoms with Crippen LogP contribution >= 0.6 is 0 Å². The van der Waals surface area contributed by atoms with Crippen molar-refractivity contribution >= 4 is 5.91 Å². The third-order valence-corrected chi connectivity index (χ3v) is 4.23. The molecule has 1 amide bonds. The minimum atomic E-state index is 0.0703. The van der Waals surface area contributed by atoms with Gasteiger partial charge in [0.25, 0.3) is 0 Å². The van der Waals surface area contributed by atoms with Crippen molar-refractivity contribution in [2.24, 2.45) is 0 Å². The fourth-order valence-corrected chi connectivity index (χ4v) is 2.87. The Labute approximate surface area is 139 Å². The number of nitrogens with zero attached hydrogens (tertiary/aromatic N) is 3. The predicted octanol–water partition coefficient (Wildman–Crippen LogP) is 2.17. The van der Waals surface area contributed by atoms with E-state index in [2.05, 4.69) is 17.0 Å². The van der Waals surface area contributed by atoms with E-state index >= 15 is 0 Å². The molecule has 0 aromatic heterocycles. The maximum atomic E-state index is 12.6. The monoisotopic (exact) mass is 319 g/mol. The highest BCUT2D eigenvalue weighted by Crippen LogP contribution is 2.21. The first-order valence-corrected chi connectivity index (χ1v) is 8.41. The summed E-state index contributed by atoms with van der Waals surface area (Å²) in [5.41, 5.74) is 1.17. The van der Waals surface area contributed by atoms with E-state index in [0.29, 0.717) is 13.0 Å². The second-order valence-corrected chi connectivity index (χ2v) is 6.41. The molecule has 0 bridgehead atoms. The minimum absolute atomic E-state index is 0.0703. The van der Waals surface area contributed by atoms with E-state index in [4.69, 9.17) is 4.84 Å². The molecule has 1 aliphatic heterocycles. The highest BCUT2D eigenvalue weighted by molar-refractivity contribution is 5.76. The van der Waals surface area contributed by atoms with Gasteiger partial charge in [0, 0.05) is 33.1 Å². The van der Waals surface area contributed by atoms with Crippen LogP contribution in [0.2, 0.25) is 0 Å². The predicted molar refractivity (Wildman–Crippen MR) is 91.9 cm³/mol. The summed E-state index contributed by atoms with van der Waals surface area (Å²) in [6.45, 7) is 3.19. The molecule has 0 N–H and O–H groups in total. The molecule has 1 fully saturated rings. The van der Waals surface area contributed by atoms with E-state index in [0.717, 1.165) is 32.5 Å². The zero-order valence-electron chi connectivity index (χ0n) is 14.6. The lowest BCUT2D eigenvalue weighted by molar-refractivity contribution is -0.182. The second-order valence-electron chi connectivity index (χ2n) is 6.41. The number of hydrogen-bond acceptors (Lipinski definition) is 4. The van der Waals surface area contributed by atoms with Gasteiger partial charge in [0.2, 0.25) is 5.91 Å². The van der Waals surface area contributed by atoms with E-state index in [1.165, 1.54) is 5.56 Å². The summed E-state index contributed by atoms with van der Waals surface area (Å²) in [4.78, 5) is 22.2. The number of carbonyl (C=O) groups is 1. The molecule has 0 aliphatic carbocycles. The molecule has 2 rings (SSSR count). The molecule has 1 heterocycles. The van der Waals surface area contributed by atoms with Crippen LogP contribution < -0.4 is 0 Å². The Morgan fingerprint density at radius 1 is 1.22 bits per heavy atom. The lowest BCUT2D eigenvalue weighted by Crippen LogP contribution is -2.39. The van der Waals surface area contributed by atoms with Crippen molar-refractivity contribution < 1.29 is 9.63 Å². The molecule has 128 valence electrons. The van der Waals surface area contributed by atoms with Crippen LogP contribution in [0.1, 0.15) is 30.9 Å². The van der Waals surface area contributed by atoms with Gasteiger partial charge in [0.05, 0.1) is 12.6 Å². The first-order chi connectivity index (χ1) is 11.1. The topological polar surface area (TPSA) is 36.0 Å². The number of rotatable bonds is 7. The molecule has 23 heavy (non-hydrogen) atoms. The molecule has 5 nitrogen and oxygen atoms in total. The summed E-state index contributed by atoms with van der Waals surface area (Å²) in [6.07, 6.45) is 2.76. The number of carbonyl (C=O) groups excluding carboxylic acids is 1. The van der Waals surface area contributed by atoms with Gasteiger partial charge in [-0.05, 0) is 32.5 Å². The Hall–Kier alpha value is -1.43. The first-order valence-electron chi connectivity index (χ1n) is 8.41. The van der Waals surface area contributed by atoms with Crippen LogP contribution in [0.5, 0.6) is 0 Å². The maximum absolute atomic E-state index is 12.6. The Bertz CT molecular complexity index is 472. The van der Waals surface area contributed by atoms with E-state index in [9.17, 15) is 4.79 Å². The summed E-state index contributed by atoms with van der Waals surface area (Å²) in [7, 11) is 5.98. The standard InChI is InChI=1S/C18H29N3O2/c1-19(2)15-17(16-9-5-4-6-10-16)20(3)18(22)11-13-21-12-7-8-14-23-21/h4-6,9-10,17H,7-8,11-15H2,1-3H3/t17-/m1/s1. The van der Waals surface area contributed by atoms with Gasteiger partial charge in [-0.25, -0.2) is 0 Å². The summed E-state index contributed by atoms with van der Waals surface area (Å²) in [6, 6.07) is 10.3. The van der Waals surface area contributed by atoms with Crippen molar-refractivity contribution in [1.29, 1.82) is 0 Å². The van der Waals surface area contributed by atoms with E-state index < -0.39 is 0 Å². The van der Waals surface area contributed by atoms with Gasteiger partial charge < -0.3 is 9.80 Å².